The van der Waals surface area contributed by atoms with Gasteiger partial charge in [-0.05, 0) is 46.9 Å². The molecule has 2 amide bonds. The SMILES string of the molecule is CC(C)(C)c1ccc(/C=C2\SC(=S)N(CC(=O)Nc3ccc(F)cc3)C2=O)cc1. The summed E-state index contributed by atoms with van der Waals surface area (Å²) in [5.41, 5.74) is 2.62. The van der Waals surface area contributed by atoms with E-state index in [9.17, 15) is 14.0 Å². The van der Waals surface area contributed by atoms with E-state index in [0.29, 0.717) is 14.9 Å². The lowest BCUT2D eigenvalue weighted by Crippen LogP contribution is -2.36. The number of hydrogen-bond donors (Lipinski definition) is 1. The van der Waals surface area contributed by atoms with Gasteiger partial charge in [0.25, 0.3) is 5.91 Å². The standard InChI is InChI=1S/C22H21FN2O2S2/c1-22(2,3)15-6-4-14(5-7-15)12-18-20(27)25(21(28)29-18)13-19(26)24-17-10-8-16(23)9-11-17/h4-12H,13H2,1-3H3,(H,24,26)/b18-12-. The number of amides is 2. The monoisotopic (exact) mass is 428 g/mol. The van der Waals surface area contributed by atoms with Crippen molar-refractivity contribution < 1.29 is 14.0 Å². The number of nitrogens with one attached hydrogen (secondary N) is 1. The number of thiocarbonyl (C=S) groups is 1. The van der Waals surface area contributed by atoms with Crippen molar-refractivity contribution in [3.05, 3.63) is 70.4 Å². The summed E-state index contributed by atoms with van der Waals surface area (Å²) < 4.78 is 13.3. The molecule has 1 N–H and O–H groups in total. The van der Waals surface area contributed by atoms with Crippen LogP contribution in [0.3, 0.4) is 0 Å². The zero-order valence-electron chi connectivity index (χ0n) is 16.4. The third-order valence-electron chi connectivity index (χ3n) is 4.38. The van der Waals surface area contributed by atoms with Crippen LogP contribution in [-0.2, 0) is 15.0 Å². The molecule has 0 saturated carbocycles. The molecule has 0 spiro atoms. The van der Waals surface area contributed by atoms with Crippen molar-refractivity contribution in [2.24, 2.45) is 0 Å². The summed E-state index contributed by atoms with van der Waals surface area (Å²) in [6, 6.07) is 13.4. The molecular weight excluding hydrogens is 407 g/mol. The van der Waals surface area contributed by atoms with E-state index < -0.39 is 5.91 Å². The predicted molar refractivity (Wildman–Crippen MR) is 120 cm³/mol. The average molecular weight is 429 g/mol. The van der Waals surface area contributed by atoms with Gasteiger partial charge in [0.05, 0.1) is 4.91 Å². The largest absolute Gasteiger partial charge is 0.325 e. The Morgan fingerprint density at radius 2 is 1.76 bits per heavy atom. The van der Waals surface area contributed by atoms with Crippen LogP contribution in [0.5, 0.6) is 0 Å². The molecule has 0 aromatic heterocycles. The highest BCUT2D eigenvalue weighted by atomic mass is 32.2. The molecule has 29 heavy (non-hydrogen) atoms. The van der Waals surface area contributed by atoms with Crippen molar-refractivity contribution in [3.8, 4) is 0 Å². The number of benzene rings is 2. The number of rotatable bonds is 4. The van der Waals surface area contributed by atoms with Gasteiger partial charge in [0.1, 0.15) is 16.7 Å². The molecule has 150 valence electrons. The summed E-state index contributed by atoms with van der Waals surface area (Å²) in [6.45, 7) is 6.24. The highest BCUT2D eigenvalue weighted by molar-refractivity contribution is 8.26. The minimum absolute atomic E-state index is 0.0554. The second-order valence-electron chi connectivity index (χ2n) is 7.69. The van der Waals surface area contributed by atoms with Crippen LogP contribution in [0.15, 0.2) is 53.4 Å². The topological polar surface area (TPSA) is 49.4 Å². The number of halogens is 1. The van der Waals surface area contributed by atoms with Gasteiger partial charge in [0.2, 0.25) is 5.91 Å². The zero-order chi connectivity index (χ0) is 21.2. The Bertz CT molecular complexity index is 977. The first-order valence-electron chi connectivity index (χ1n) is 9.05. The molecule has 2 aromatic rings. The van der Waals surface area contributed by atoms with E-state index in [1.54, 1.807) is 6.08 Å². The first-order chi connectivity index (χ1) is 13.6. The molecule has 1 aliphatic rings. The highest BCUT2D eigenvalue weighted by Gasteiger charge is 2.33. The summed E-state index contributed by atoms with van der Waals surface area (Å²) in [7, 11) is 0. The minimum atomic E-state index is -0.399. The molecule has 2 aromatic carbocycles. The first kappa shape index (κ1) is 21.2. The van der Waals surface area contributed by atoms with Gasteiger partial charge in [0.15, 0.2) is 0 Å². The van der Waals surface area contributed by atoms with E-state index in [1.807, 2.05) is 24.3 Å². The van der Waals surface area contributed by atoms with Gasteiger partial charge in [-0.1, -0.05) is 69.0 Å². The van der Waals surface area contributed by atoms with E-state index in [-0.39, 0.29) is 23.7 Å². The summed E-state index contributed by atoms with van der Waals surface area (Å²) in [5, 5.41) is 2.63. The highest BCUT2D eigenvalue weighted by Crippen LogP contribution is 2.33. The second-order valence-corrected chi connectivity index (χ2v) is 9.37. The first-order valence-corrected chi connectivity index (χ1v) is 10.3. The number of carbonyl (C=O) groups is 2. The van der Waals surface area contributed by atoms with Crippen LogP contribution in [0, 0.1) is 5.82 Å². The number of carbonyl (C=O) groups excluding carboxylic acids is 2. The molecule has 0 bridgehead atoms. The van der Waals surface area contributed by atoms with Gasteiger partial charge in [-0.25, -0.2) is 4.39 Å². The smallest absolute Gasteiger partial charge is 0.266 e. The normalized spacial score (nSPS) is 15.9. The number of anilines is 1. The molecule has 0 aliphatic carbocycles. The van der Waals surface area contributed by atoms with Gasteiger partial charge in [-0.2, -0.15) is 0 Å². The van der Waals surface area contributed by atoms with Gasteiger partial charge >= 0.3 is 0 Å². The van der Waals surface area contributed by atoms with Crippen LogP contribution in [-0.4, -0.2) is 27.6 Å². The molecule has 0 atom stereocenters. The van der Waals surface area contributed by atoms with Gasteiger partial charge < -0.3 is 5.32 Å². The van der Waals surface area contributed by atoms with E-state index in [0.717, 1.165) is 5.56 Å². The molecule has 1 heterocycles. The summed E-state index contributed by atoms with van der Waals surface area (Å²) >= 11 is 6.45. The molecule has 4 nitrogen and oxygen atoms in total. The van der Waals surface area contributed by atoms with Crippen LogP contribution in [0.25, 0.3) is 6.08 Å². The zero-order valence-corrected chi connectivity index (χ0v) is 18.0. The molecule has 0 unspecified atom stereocenters. The van der Waals surface area contributed by atoms with Crippen LogP contribution >= 0.6 is 24.0 Å². The molecule has 1 fully saturated rings. The Labute approximate surface area is 179 Å². The third-order valence-corrected chi connectivity index (χ3v) is 5.76. The Morgan fingerprint density at radius 3 is 2.34 bits per heavy atom. The predicted octanol–water partition coefficient (Wildman–Crippen LogP) is 4.96. The average Bonchev–Trinajstić information content (AvgIpc) is 2.91. The Balaban J connectivity index is 1.68. The lowest BCUT2D eigenvalue weighted by atomic mass is 9.87. The van der Waals surface area contributed by atoms with E-state index in [1.165, 1.54) is 46.5 Å². The van der Waals surface area contributed by atoms with E-state index in [2.05, 4.69) is 26.1 Å². The van der Waals surface area contributed by atoms with Crippen molar-refractivity contribution in [2.75, 3.05) is 11.9 Å². The fourth-order valence-electron chi connectivity index (χ4n) is 2.74. The number of nitrogens with zero attached hydrogens (tertiary/aromatic N) is 1. The summed E-state index contributed by atoms with van der Waals surface area (Å²) in [5.74, 6) is -1.08. The quantitative estimate of drug-likeness (QED) is 0.552. The second kappa shape index (κ2) is 8.47. The van der Waals surface area contributed by atoms with Crippen LogP contribution in [0.1, 0.15) is 31.9 Å². The summed E-state index contributed by atoms with van der Waals surface area (Å²) in [4.78, 5) is 26.7. The Kier molecular flexibility index (Phi) is 6.19. The van der Waals surface area contributed by atoms with Crippen molar-refractivity contribution in [2.45, 2.75) is 26.2 Å². The molecule has 0 radical (unpaired) electrons. The molecular formula is C22H21FN2O2S2. The lowest BCUT2D eigenvalue weighted by Gasteiger charge is -2.18. The maximum atomic E-state index is 13.0. The van der Waals surface area contributed by atoms with Crippen LogP contribution in [0.4, 0.5) is 10.1 Å². The lowest BCUT2D eigenvalue weighted by molar-refractivity contribution is -0.126. The van der Waals surface area contributed by atoms with E-state index >= 15 is 0 Å². The molecule has 1 aliphatic heterocycles. The van der Waals surface area contributed by atoms with Crippen molar-refractivity contribution >= 4 is 51.9 Å². The van der Waals surface area contributed by atoms with Crippen molar-refractivity contribution in [1.29, 1.82) is 0 Å². The molecule has 3 rings (SSSR count). The fourth-order valence-corrected chi connectivity index (χ4v) is 4.00. The van der Waals surface area contributed by atoms with Gasteiger partial charge in [-0.3, -0.25) is 14.5 Å². The fraction of sp³-hybridized carbons (Fsp3) is 0.227. The Hall–Kier alpha value is -2.51. The van der Waals surface area contributed by atoms with Gasteiger partial charge in [-0.15, -0.1) is 0 Å². The van der Waals surface area contributed by atoms with Crippen molar-refractivity contribution in [3.63, 3.8) is 0 Å². The van der Waals surface area contributed by atoms with Crippen LogP contribution in [0.2, 0.25) is 0 Å². The Morgan fingerprint density at radius 1 is 1.14 bits per heavy atom. The minimum Gasteiger partial charge on any atom is -0.325 e. The number of hydrogen-bond acceptors (Lipinski definition) is 4. The van der Waals surface area contributed by atoms with E-state index in [4.69, 9.17) is 12.2 Å². The maximum absolute atomic E-state index is 13.0. The molecule has 1 saturated heterocycles. The van der Waals surface area contributed by atoms with Crippen molar-refractivity contribution in [1.82, 2.24) is 4.90 Å². The molecule has 7 heteroatoms. The summed E-state index contributed by atoms with van der Waals surface area (Å²) in [6.07, 6.45) is 1.78. The van der Waals surface area contributed by atoms with Gasteiger partial charge in [0, 0.05) is 5.69 Å². The number of thioether (sulfide) groups is 1. The van der Waals surface area contributed by atoms with Crippen LogP contribution < -0.4 is 5.32 Å². The third kappa shape index (κ3) is 5.31. The maximum Gasteiger partial charge on any atom is 0.266 e.